The Bertz CT molecular complexity index is 1230. The van der Waals surface area contributed by atoms with Crippen molar-refractivity contribution in [1.82, 2.24) is 9.88 Å². The topological polar surface area (TPSA) is 46.4 Å². The first-order valence-electron chi connectivity index (χ1n) is 9.64. The van der Waals surface area contributed by atoms with Crippen LogP contribution >= 0.6 is 27.7 Å². The van der Waals surface area contributed by atoms with E-state index in [1.54, 1.807) is 0 Å². The Labute approximate surface area is 188 Å². The Morgan fingerprint density at radius 1 is 1.20 bits per heavy atom. The molecule has 1 aliphatic rings. The van der Waals surface area contributed by atoms with Gasteiger partial charge in [-0.25, -0.2) is 4.99 Å². The minimum Gasteiger partial charge on any atom is -0.340 e. The van der Waals surface area contributed by atoms with E-state index in [1.165, 1.54) is 11.8 Å². The number of aromatic nitrogens is 1. The zero-order valence-corrected chi connectivity index (χ0v) is 19.5. The summed E-state index contributed by atoms with van der Waals surface area (Å²) < 4.78 is 3.30. The molecule has 1 N–H and O–H groups in total. The molecule has 0 saturated carbocycles. The summed E-state index contributed by atoms with van der Waals surface area (Å²) in [5.74, 6) is -0.121. The molecule has 1 aromatic heterocycles. The molecular formula is C24H22BrN3OS. The van der Waals surface area contributed by atoms with E-state index in [0.29, 0.717) is 10.1 Å². The second-order valence-electron chi connectivity index (χ2n) is 7.29. The summed E-state index contributed by atoms with van der Waals surface area (Å²) in [6.07, 6.45) is 3.86. The van der Waals surface area contributed by atoms with Gasteiger partial charge in [-0.15, -0.1) is 6.58 Å². The number of carbonyl (C=O) groups is 1. The van der Waals surface area contributed by atoms with Crippen LogP contribution in [0.4, 0.5) is 5.69 Å². The normalized spacial score (nSPS) is 16.6. The molecule has 4 nitrogen and oxygen atoms in total. The second-order valence-corrected chi connectivity index (χ2v) is 9.11. The van der Waals surface area contributed by atoms with Gasteiger partial charge in [0.05, 0.1) is 10.6 Å². The summed E-state index contributed by atoms with van der Waals surface area (Å²) in [6.45, 7) is 10.7. The van der Waals surface area contributed by atoms with E-state index in [1.807, 2.05) is 50.3 Å². The van der Waals surface area contributed by atoms with Crippen molar-refractivity contribution < 1.29 is 4.79 Å². The molecule has 1 amide bonds. The first-order chi connectivity index (χ1) is 14.4. The molecule has 0 bridgehead atoms. The Morgan fingerprint density at radius 2 is 1.90 bits per heavy atom. The lowest BCUT2D eigenvalue weighted by molar-refractivity contribution is -0.115. The van der Waals surface area contributed by atoms with Crippen LogP contribution in [0.5, 0.6) is 0 Å². The van der Waals surface area contributed by atoms with Crippen molar-refractivity contribution in [2.75, 3.05) is 0 Å². The number of carbonyl (C=O) groups excluding carboxylic acids is 1. The van der Waals surface area contributed by atoms with Gasteiger partial charge in [0.25, 0.3) is 5.91 Å². The number of para-hydroxylation sites is 1. The van der Waals surface area contributed by atoms with Gasteiger partial charge < -0.3 is 9.88 Å². The molecule has 4 rings (SSSR count). The highest BCUT2D eigenvalue weighted by molar-refractivity contribution is 9.10. The van der Waals surface area contributed by atoms with Crippen LogP contribution in [-0.2, 0) is 11.3 Å². The van der Waals surface area contributed by atoms with E-state index in [9.17, 15) is 4.79 Å². The van der Waals surface area contributed by atoms with Crippen LogP contribution in [0.25, 0.3) is 17.0 Å². The molecule has 3 aromatic rings. The van der Waals surface area contributed by atoms with Crippen molar-refractivity contribution in [3.63, 3.8) is 0 Å². The molecule has 0 unspecified atom stereocenters. The maximum Gasteiger partial charge on any atom is 0.264 e. The monoisotopic (exact) mass is 479 g/mol. The molecule has 2 heterocycles. The molecule has 0 aliphatic carbocycles. The Hall–Kier alpha value is -2.57. The number of fused-ring (bicyclic) bond motifs is 1. The van der Waals surface area contributed by atoms with Crippen molar-refractivity contribution in [1.29, 1.82) is 0 Å². The third kappa shape index (κ3) is 3.77. The number of hydrogen-bond donors (Lipinski definition) is 1. The smallest absolute Gasteiger partial charge is 0.264 e. The van der Waals surface area contributed by atoms with Crippen LogP contribution in [0.2, 0.25) is 0 Å². The van der Waals surface area contributed by atoms with Crippen molar-refractivity contribution in [3.8, 4) is 0 Å². The van der Waals surface area contributed by atoms with Crippen molar-refractivity contribution in [2.45, 2.75) is 27.3 Å². The summed E-state index contributed by atoms with van der Waals surface area (Å²) in [5, 5.41) is 4.62. The van der Waals surface area contributed by atoms with Crippen LogP contribution in [0.15, 0.2) is 63.4 Å². The van der Waals surface area contributed by atoms with Crippen LogP contribution in [0.1, 0.15) is 22.4 Å². The van der Waals surface area contributed by atoms with Gasteiger partial charge in [-0.3, -0.25) is 4.79 Å². The average Bonchev–Trinajstić information content (AvgIpc) is 3.18. The summed E-state index contributed by atoms with van der Waals surface area (Å²) in [6, 6.07) is 12.3. The Balaban J connectivity index is 1.72. The Morgan fingerprint density at radius 3 is 2.60 bits per heavy atom. The fraction of sp³-hybridized carbons (Fsp3) is 0.167. The van der Waals surface area contributed by atoms with Gasteiger partial charge in [-0.2, -0.15) is 0 Å². The number of aliphatic imine (C=N–C) groups is 1. The summed E-state index contributed by atoms with van der Waals surface area (Å²) in [7, 11) is 0. The lowest BCUT2D eigenvalue weighted by atomic mass is 10.1. The summed E-state index contributed by atoms with van der Waals surface area (Å²) in [4.78, 5) is 17.9. The van der Waals surface area contributed by atoms with E-state index < -0.39 is 0 Å². The van der Waals surface area contributed by atoms with E-state index in [-0.39, 0.29) is 5.91 Å². The highest BCUT2D eigenvalue weighted by atomic mass is 79.9. The molecule has 30 heavy (non-hydrogen) atoms. The number of amides is 1. The molecule has 152 valence electrons. The summed E-state index contributed by atoms with van der Waals surface area (Å²) >= 11 is 4.95. The van der Waals surface area contributed by atoms with Crippen LogP contribution < -0.4 is 5.32 Å². The lowest BCUT2D eigenvalue weighted by Crippen LogP contribution is -2.19. The van der Waals surface area contributed by atoms with Gasteiger partial charge in [0.15, 0.2) is 5.17 Å². The zero-order valence-electron chi connectivity index (χ0n) is 17.1. The highest BCUT2D eigenvalue weighted by Gasteiger charge is 2.25. The molecule has 1 aliphatic heterocycles. The zero-order chi connectivity index (χ0) is 21.4. The van der Waals surface area contributed by atoms with Gasteiger partial charge >= 0.3 is 0 Å². The third-order valence-corrected chi connectivity index (χ3v) is 7.33. The van der Waals surface area contributed by atoms with Crippen LogP contribution in [0.3, 0.4) is 0 Å². The average molecular weight is 480 g/mol. The number of nitrogens with zero attached hydrogens (tertiary/aromatic N) is 2. The summed E-state index contributed by atoms with van der Waals surface area (Å²) in [5.41, 5.74) is 6.37. The maximum absolute atomic E-state index is 12.6. The van der Waals surface area contributed by atoms with Gasteiger partial charge in [0.2, 0.25) is 0 Å². The number of nitrogens with one attached hydrogen (secondary N) is 1. The van der Waals surface area contributed by atoms with Crippen molar-refractivity contribution >= 4 is 61.4 Å². The van der Waals surface area contributed by atoms with Gasteiger partial charge in [0.1, 0.15) is 0 Å². The van der Waals surface area contributed by atoms with Gasteiger partial charge in [0, 0.05) is 33.2 Å². The number of thioether (sulfide) groups is 1. The minimum absolute atomic E-state index is 0.121. The number of benzene rings is 2. The Kier molecular flexibility index (Phi) is 5.71. The predicted molar refractivity (Wildman–Crippen MR) is 131 cm³/mol. The first kappa shape index (κ1) is 20.7. The van der Waals surface area contributed by atoms with E-state index in [2.05, 4.69) is 56.4 Å². The lowest BCUT2D eigenvalue weighted by Gasteiger charge is -2.05. The fourth-order valence-corrected chi connectivity index (χ4v) is 4.77. The molecule has 1 saturated heterocycles. The van der Waals surface area contributed by atoms with E-state index >= 15 is 0 Å². The molecule has 0 spiro atoms. The highest BCUT2D eigenvalue weighted by Crippen LogP contribution is 2.34. The number of aryl methyl sites for hydroxylation is 2. The first-order valence-corrected chi connectivity index (χ1v) is 11.2. The standard InChI is InChI=1S/C24H22BrN3OS/c1-5-10-28-16(4)19(18-8-6-7-9-20(18)28)13-21-23(29)27-24(30-21)26-17-11-14(2)22(25)15(3)12-17/h5-9,11-13H,1,10H2,2-4H3,(H,26,27,29)/b21-13-. The second kappa shape index (κ2) is 8.28. The van der Waals surface area contributed by atoms with Crippen molar-refractivity contribution in [3.05, 3.63) is 80.8 Å². The van der Waals surface area contributed by atoms with E-state index in [0.717, 1.165) is 50.0 Å². The van der Waals surface area contributed by atoms with Gasteiger partial charge in [-0.1, -0.05) is 40.2 Å². The maximum atomic E-state index is 12.6. The van der Waals surface area contributed by atoms with Gasteiger partial charge in [-0.05, 0) is 67.9 Å². The molecule has 1 fully saturated rings. The van der Waals surface area contributed by atoms with E-state index in [4.69, 9.17) is 0 Å². The number of hydrogen-bond acceptors (Lipinski definition) is 3. The predicted octanol–water partition coefficient (Wildman–Crippen LogP) is 6.41. The third-order valence-electron chi connectivity index (χ3n) is 5.17. The molecule has 0 atom stereocenters. The number of rotatable bonds is 4. The largest absolute Gasteiger partial charge is 0.340 e. The van der Waals surface area contributed by atoms with Crippen molar-refractivity contribution in [2.24, 2.45) is 4.99 Å². The molecule has 0 radical (unpaired) electrons. The van der Waals surface area contributed by atoms with Crippen LogP contribution in [-0.4, -0.2) is 15.6 Å². The molecular weight excluding hydrogens is 458 g/mol. The number of allylic oxidation sites excluding steroid dienone is 1. The number of halogens is 1. The quantitative estimate of drug-likeness (QED) is 0.347. The minimum atomic E-state index is -0.121. The van der Waals surface area contributed by atoms with Crippen LogP contribution in [0, 0.1) is 20.8 Å². The molecule has 6 heteroatoms. The fourth-order valence-electron chi connectivity index (χ4n) is 3.72. The SMILES string of the molecule is C=CCn1c(C)c(/C=C2\SC(=Nc3cc(C)c(Br)c(C)c3)NC2=O)c2ccccc21. The molecule has 2 aromatic carbocycles. The number of amidine groups is 1.